The van der Waals surface area contributed by atoms with E-state index in [1.807, 2.05) is 0 Å². The zero-order valence-electron chi connectivity index (χ0n) is 10.0. The van der Waals surface area contributed by atoms with Crippen molar-refractivity contribution in [2.45, 2.75) is 19.8 Å². The van der Waals surface area contributed by atoms with E-state index in [-0.39, 0.29) is 5.75 Å². The van der Waals surface area contributed by atoms with E-state index in [4.69, 9.17) is 0 Å². The minimum absolute atomic E-state index is 0.271. The first-order chi connectivity index (χ1) is 7.55. The molecule has 0 saturated carbocycles. The van der Waals surface area contributed by atoms with Crippen LogP contribution in [-0.4, -0.2) is 57.5 Å². The van der Waals surface area contributed by atoms with Crippen molar-refractivity contribution in [3.63, 3.8) is 0 Å². The Morgan fingerprint density at radius 3 is 2.81 bits per heavy atom. The van der Waals surface area contributed by atoms with Crippen molar-refractivity contribution in [1.82, 2.24) is 10.2 Å². The Morgan fingerprint density at radius 2 is 2.19 bits per heavy atom. The zero-order chi connectivity index (χ0) is 11.6. The molecule has 0 aromatic heterocycles. The molecule has 5 heteroatoms. The minimum Gasteiger partial charge on any atom is -0.316 e. The lowest BCUT2D eigenvalue weighted by molar-refractivity contribution is 0.284. The summed E-state index contributed by atoms with van der Waals surface area (Å²) in [6, 6.07) is 0. The number of nitrogens with zero attached hydrogens (tertiary/aromatic N) is 1. The summed E-state index contributed by atoms with van der Waals surface area (Å²) in [4.78, 5) is 2.32. The summed E-state index contributed by atoms with van der Waals surface area (Å²) < 4.78 is 22.9. The largest absolute Gasteiger partial charge is 0.316 e. The minimum atomic E-state index is -2.80. The lowest BCUT2D eigenvalue weighted by Gasteiger charge is -2.22. The molecule has 2 heterocycles. The molecule has 2 aliphatic heterocycles. The number of likely N-dealkylation sites (tertiary alicyclic amines) is 1. The van der Waals surface area contributed by atoms with Gasteiger partial charge in [-0.2, -0.15) is 0 Å². The molecule has 1 spiro atoms. The third kappa shape index (κ3) is 2.76. The molecule has 0 aromatic carbocycles. The summed E-state index contributed by atoms with van der Waals surface area (Å²) in [6.07, 6.45) is 2.48. The highest BCUT2D eigenvalue weighted by molar-refractivity contribution is 7.91. The van der Waals surface area contributed by atoms with E-state index in [1.54, 1.807) is 6.92 Å². The van der Waals surface area contributed by atoms with Gasteiger partial charge in [0.25, 0.3) is 0 Å². The van der Waals surface area contributed by atoms with E-state index in [0.29, 0.717) is 11.2 Å². The fourth-order valence-electron chi connectivity index (χ4n) is 2.77. The molecule has 0 bridgehead atoms. The maximum absolute atomic E-state index is 11.4. The van der Waals surface area contributed by atoms with Gasteiger partial charge in [0, 0.05) is 25.4 Å². The summed E-state index contributed by atoms with van der Waals surface area (Å²) in [6.45, 7) is 6.84. The Morgan fingerprint density at radius 1 is 1.38 bits per heavy atom. The van der Waals surface area contributed by atoms with E-state index >= 15 is 0 Å². The van der Waals surface area contributed by atoms with E-state index < -0.39 is 9.84 Å². The molecule has 1 unspecified atom stereocenters. The lowest BCUT2D eigenvalue weighted by atomic mass is 9.87. The van der Waals surface area contributed by atoms with Crippen LogP contribution in [-0.2, 0) is 9.84 Å². The lowest BCUT2D eigenvalue weighted by Crippen LogP contribution is -2.32. The SMILES string of the molecule is CCS(=O)(=O)CCN1CCC2(CCNC2)C1. The highest BCUT2D eigenvalue weighted by Gasteiger charge is 2.40. The fourth-order valence-corrected chi connectivity index (χ4v) is 3.60. The summed E-state index contributed by atoms with van der Waals surface area (Å²) in [5, 5.41) is 3.41. The van der Waals surface area contributed by atoms with Crippen molar-refractivity contribution in [2.75, 3.05) is 44.2 Å². The third-order valence-electron chi connectivity index (χ3n) is 4.01. The number of sulfone groups is 1. The van der Waals surface area contributed by atoms with Gasteiger partial charge >= 0.3 is 0 Å². The van der Waals surface area contributed by atoms with Gasteiger partial charge in [-0.25, -0.2) is 8.42 Å². The van der Waals surface area contributed by atoms with E-state index in [1.165, 1.54) is 12.8 Å². The molecular weight excluding hydrogens is 224 g/mol. The van der Waals surface area contributed by atoms with Gasteiger partial charge in [-0.05, 0) is 31.3 Å². The zero-order valence-corrected chi connectivity index (χ0v) is 10.9. The summed E-state index contributed by atoms with van der Waals surface area (Å²) >= 11 is 0. The second kappa shape index (κ2) is 4.63. The van der Waals surface area contributed by atoms with Gasteiger partial charge in [-0.1, -0.05) is 6.92 Å². The van der Waals surface area contributed by atoms with Crippen LogP contribution in [0.4, 0.5) is 0 Å². The Bertz CT molecular complexity index is 334. The fraction of sp³-hybridized carbons (Fsp3) is 1.00. The second-order valence-corrected chi connectivity index (χ2v) is 7.66. The molecule has 0 aromatic rings. The topological polar surface area (TPSA) is 49.4 Å². The van der Waals surface area contributed by atoms with Gasteiger partial charge in [0.05, 0.1) is 5.75 Å². The number of hydrogen-bond acceptors (Lipinski definition) is 4. The van der Waals surface area contributed by atoms with Crippen LogP contribution in [0.5, 0.6) is 0 Å². The molecule has 16 heavy (non-hydrogen) atoms. The van der Waals surface area contributed by atoms with Crippen LogP contribution in [0.15, 0.2) is 0 Å². The van der Waals surface area contributed by atoms with Crippen LogP contribution in [0, 0.1) is 5.41 Å². The van der Waals surface area contributed by atoms with Crippen LogP contribution < -0.4 is 5.32 Å². The smallest absolute Gasteiger partial charge is 0.151 e. The average Bonchev–Trinajstić information content (AvgIpc) is 2.87. The van der Waals surface area contributed by atoms with E-state index in [9.17, 15) is 8.42 Å². The Balaban J connectivity index is 1.81. The third-order valence-corrected chi connectivity index (χ3v) is 5.69. The molecule has 0 radical (unpaired) electrons. The molecule has 2 saturated heterocycles. The average molecular weight is 246 g/mol. The molecule has 4 nitrogen and oxygen atoms in total. The maximum Gasteiger partial charge on any atom is 0.151 e. The van der Waals surface area contributed by atoms with Gasteiger partial charge in [0.15, 0.2) is 9.84 Å². The molecule has 1 atom stereocenters. The Labute approximate surface area is 98.3 Å². The second-order valence-electron chi connectivity index (χ2n) is 5.19. The summed E-state index contributed by atoms with van der Waals surface area (Å²) in [5.74, 6) is 0.598. The van der Waals surface area contributed by atoms with Gasteiger partial charge in [-0.15, -0.1) is 0 Å². The molecule has 2 rings (SSSR count). The van der Waals surface area contributed by atoms with Crippen LogP contribution in [0.2, 0.25) is 0 Å². The highest BCUT2D eigenvalue weighted by atomic mass is 32.2. The molecule has 2 fully saturated rings. The van der Waals surface area contributed by atoms with Crippen molar-refractivity contribution in [3.05, 3.63) is 0 Å². The van der Waals surface area contributed by atoms with E-state index in [2.05, 4.69) is 10.2 Å². The van der Waals surface area contributed by atoms with Crippen molar-refractivity contribution in [2.24, 2.45) is 5.41 Å². The molecule has 0 aliphatic carbocycles. The first-order valence-electron chi connectivity index (χ1n) is 6.19. The Kier molecular flexibility index (Phi) is 3.56. The molecular formula is C11H22N2O2S. The van der Waals surface area contributed by atoms with Gasteiger partial charge in [-0.3, -0.25) is 0 Å². The van der Waals surface area contributed by atoms with Crippen molar-refractivity contribution in [3.8, 4) is 0 Å². The monoisotopic (exact) mass is 246 g/mol. The van der Waals surface area contributed by atoms with Crippen molar-refractivity contribution < 1.29 is 8.42 Å². The van der Waals surface area contributed by atoms with E-state index in [0.717, 1.165) is 32.7 Å². The van der Waals surface area contributed by atoms with Crippen LogP contribution in [0.3, 0.4) is 0 Å². The van der Waals surface area contributed by atoms with Crippen LogP contribution in [0.1, 0.15) is 19.8 Å². The Hall–Kier alpha value is -0.130. The quantitative estimate of drug-likeness (QED) is 0.765. The number of hydrogen-bond donors (Lipinski definition) is 1. The van der Waals surface area contributed by atoms with Gasteiger partial charge in [0.1, 0.15) is 0 Å². The standard InChI is InChI=1S/C11H22N2O2S/c1-2-16(14,15)8-7-13-6-4-11(10-13)3-5-12-9-11/h12H,2-10H2,1H3. The predicted molar refractivity (Wildman–Crippen MR) is 65.3 cm³/mol. The van der Waals surface area contributed by atoms with Crippen LogP contribution in [0.25, 0.3) is 0 Å². The summed E-state index contributed by atoms with van der Waals surface area (Å²) in [7, 11) is -2.80. The van der Waals surface area contributed by atoms with Crippen molar-refractivity contribution in [1.29, 1.82) is 0 Å². The normalized spacial score (nSPS) is 31.6. The molecule has 94 valence electrons. The van der Waals surface area contributed by atoms with Gasteiger partial charge < -0.3 is 10.2 Å². The molecule has 2 aliphatic rings. The summed E-state index contributed by atoms with van der Waals surface area (Å²) in [5.41, 5.74) is 0.454. The maximum atomic E-state index is 11.4. The van der Waals surface area contributed by atoms with Crippen LogP contribution >= 0.6 is 0 Å². The van der Waals surface area contributed by atoms with Crippen molar-refractivity contribution >= 4 is 9.84 Å². The van der Waals surface area contributed by atoms with Gasteiger partial charge in [0.2, 0.25) is 0 Å². The number of rotatable bonds is 4. The first kappa shape index (κ1) is 12.3. The number of nitrogens with one attached hydrogen (secondary N) is 1. The predicted octanol–water partition coefficient (Wildman–Crippen LogP) is 0.107. The molecule has 0 amide bonds. The first-order valence-corrected chi connectivity index (χ1v) is 8.01. The highest BCUT2D eigenvalue weighted by Crippen LogP contribution is 2.35. The molecule has 1 N–H and O–H groups in total.